The second kappa shape index (κ2) is 2.45. The van der Waals surface area contributed by atoms with E-state index < -0.39 is 0 Å². The quantitative estimate of drug-likeness (QED) is 0.670. The van der Waals surface area contributed by atoms with Crippen molar-refractivity contribution in [2.24, 2.45) is 0 Å². The first kappa shape index (κ1) is 7.55. The number of H-pyrrole nitrogens is 1. The monoisotopic (exact) mass is 184 g/mol. The van der Waals surface area contributed by atoms with Crippen molar-refractivity contribution >= 4 is 22.6 Å². The van der Waals surface area contributed by atoms with Gasteiger partial charge >= 0.3 is 0 Å². The Morgan fingerprint density at radius 2 is 2.25 bits per heavy atom. The fraction of sp³-hybridized carbons (Fsp3) is 0.125. The average Bonchev–Trinajstić information content (AvgIpc) is 2.39. The Morgan fingerprint density at radius 1 is 1.50 bits per heavy atom. The lowest BCUT2D eigenvalue weighted by atomic mass is 10.2. The first-order valence-electron chi connectivity index (χ1n) is 3.49. The van der Waals surface area contributed by atoms with Crippen LogP contribution in [-0.4, -0.2) is 9.97 Å². The number of aromatic nitrogens is 2. The van der Waals surface area contributed by atoms with E-state index in [-0.39, 0.29) is 5.82 Å². The minimum absolute atomic E-state index is 0.259. The molecule has 0 unspecified atom stereocenters. The van der Waals surface area contributed by atoms with Crippen LogP contribution in [0.4, 0.5) is 4.39 Å². The molecule has 2 aromatic rings. The first-order chi connectivity index (χ1) is 5.68. The lowest BCUT2D eigenvalue weighted by Gasteiger charge is -1.94. The minimum Gasteiger partial charge on any atom is -0.329 e. The molecule has 0 aliphatic heterocycles. The number of hydrogen-bond acceptors (Lipinski definition) is 1. The SMILES string of the molecule is Cc1c(F)ccc2[nH]c(Cl)nc12. The number of nitrogens with one attached hydrogen (secondary N) is 1. The Hall–Kier alpha value is -1.09. The highest BCUT2D eigenvalue weighted by Gasteiger charge is 2.06. The molecule has 1 N–H and O–H groups in total. The number of fused-ring (bicyclic) bond motifs is 1. The molecule has 0 radical (unpaired) electrons. The predicted octanol–water partition coefficient (Wildman–Crippen LogP) is 2.66. The van der Waals surface area contributed by atoms with Crippen LogP contribution in [0.3, 0.4) is 0 Å². The van der Waals surface area contributed by atoms with Gasteiger partial charge in [0.15, 0.2) is 0 Å². The number of benzene rings is 1. The highest BCUT2D eigenvalue weighted by atomic mass is 35.5. The van der Waals surface area contributed by atoms with Gasteiger partial charge in [0.2, 0.25) is 5.28 Å². The van der Waals surface area contributed by atoms with Crippen LogP contribution in [-0.2, 0) is 0 Å². The molecule has 0 saturated carbocycles. The van der Waals surface area contributed by atoms with Crippen LogP contribution < -0.4 is 0 Å². The van der Waals surface area contributed by atoms with Gasteiger partial charge in [0, 0.05) is 5.56 Å². The van der Waals surface area contributed by atoms with Crippen LogP contribution in [0.5, 0.6) is 0 Å². The molecule has 1 aromatic carbocycles. The molecular formula is C8H6ClFN2. The van der Waals surface area contributed by atoms with Gasteiger partial charge in [0.1, 0.15) is 5.82 Å². The maximum Gasteiger partial charge on any atom is 0.201 e. The van der Waals surface area contributed by atoms with Crippen molar-refractivity contribution in [3.63, 3.8) is 0 Å². The summed E-state index contributed by atoms with van der Waals surface area (Å²) in [6, 6.07) is 3.02. The number of hydrogen-bond donors (Lipinski definition) is 1. The number of imidazole rings is 1. The second-order valence-electron chi connectivity index (χ2n) is 2.60. The van der Waals surface area contributed by atoms with Crippen molar-refractivity contribution in [2.75, 3.05) is 0 Å². The Kier molecular flexibility index (Phi) is 1.54. The summed E-state index contributed by atoms with van der Waals surface area (Å²) in [4.78, 5) is 6.76. The smallest absolute Gasteiger partial charge is 0.201 e. The largest absolute Gasteiger partial charge is 0.329 e. The van der Waals surface area contributed by atoms with Crippen LogP contribution in [0, 0.1) is 12.7 Å². The van der Waals surface area contributed by atoms with Crippen molar-refractivity contribution < 1.29 is 4.39 Å². The summed E-state index contributed by atoms with van der Waals surface area (Å²) >= 11 is 5.62. The lowest BCUT2D eigenvalue weighted by Crippen LogP contribution is -1.82. The van der Waals surface area contributed by atoms with Crippen LogP contribution >= 0.6 is 11.6 Å². The molecule has 12 heavy (non-hydrogen) atoms. The molecule has 0 fully saturated rings. The van der Waals surface area contributed by atoms with Crippen molar-refractivity contribution in [2.45, 2.75) is 6.92 Å². The van der Waals surface area contributed by atoms with Gasteiger partial charge in [-0.25, -0.2) is 9.37 Å². The summed E-state index contributed by atoms with van der Waals surface area (Å²) < 4.78 is 13.0. The number of nitrogens with zero attached hydrogens (tertiary/aromatic N) is 1. The zero-order valence-corrected chi connectivity index (χ0v) is 7.11. The summed E-state index contributed by atoms with van der Waals surface area (Å²) in [5.41, 5.74) is 1.88. The third-order valence-electron chi connectivity index (χ3n) is 1.81. The molecule has 62 valence electrons. The molecule has 0 aliphatic carbocycles. The van der Waals surface area contributed by atoms with E-state index in [4.69, 9.17) is 11.6 Å². The predicted molar refractivity (Wildman–Crippen MR) is 45.8 cm³/mol. The van der Waals surface area contributed by atoms with Gasteiger partial charge in [-0.1, -0.05) is 0 Å². The Bertz CT molecular complexity index is 436. The second-order valence-corrected chi connectivity index (χ2v) is 2.95. The molecule has 2 nitrogen and oxygen atoms in total. The van der Waals surface area contributed by atoms with Crippen LogP contribution in [0.15, 0.2) is 12.1 Å². The van der Waals surface area contributed by atoms with Gasteiger partial charge in [-0.3, -0.25) is 0 Å². The highest BCUT2D eigenvalue weighted by Crippen LogP contribution is 2.20. The van der Waals surface area contributed by atoms with E-state index in [0.717, 1.165) is 5.52 Å². The van der Waals surface area contributed by atoms with E-state index in [2.05, 4.69) is 9.97 Å². The van der Waals surface area contributed by atoms with E-state index in [1.54, 1.807) is 13.0 Å². The van der Waals surface area contributed by atoms with E-state index >= 15 is 0 Å². The molecule has 2 rings (SSSR count). The van der Waals surface area contributed by atoms with Crippen LogP contribution in [0.2, 0.25) is 5.28 Å². The van der Waals surface area contributed by atoms with Crippen LogP contribution in [0.25, 0.3) is 11.0 Å². The lowest BCUT2D eigenvalue weighted by molar-refractivity contribution is 0.620. The molecule has 0 aliphatic rings. The molecule has 0 atom stereocenters. The van der Waals surface area contributed by atoms with Crippen molar-refractivity contribution in [3.8, 4) is 0 Å². The van der Waals surface area contributed by atoms with E-state index in [9.17, 15) is 4.39 Å². The third-order valence-corrected chi connectivity index (χ3v) is 1.99. The summed E-state index contributed by atoms with van der Waals surface area (Å²) in [7, 11) is 0. The summed E-state index contributed by atoms with van der Waals surface area (Å²) in [5.74, 6) is -0.259. The zero-order valence-electron chi connectivity index (χ0n) is 6.36. The number of aryl methyl sites for hydroxylation is 1. The van der Waals surface area contributed by atoms with E-state index in [0.29, 0.717) is 16.4 Å². The highest BCUT2D eigenvalue weighted by molar-refractivity contribution is 6.29. The number of halogens is 2. The Balaban J connectivity index is 2.89. The van der Waals surface area contributed by atoms with Gasteiger partial charge in [0.25, 0.3) is 0 Å². The van der Waals surface area contributed by atoms with Crippen molar-refractivity contribution in [1.82, 2.24) is 9.97 Å². The average molecular weight is 185 g/mol. The van der Waals surface area contributed by atoms with Crippen molar-refractivity contribution in [1.29, 1.82) is 0 Å². The van der Waals surface area contributed by atoms with Gasteiger partial charge in [-0.2, -0.15) is 0 Å². The summed E-state index contributed by atoms with van der Waals surface area (Å²) in [6.07, 6.45) is 0. The van der Waals surface area contributed by atoms with Gasteiger partial charge in [-0.05, 0) is 30.7 Å². The molecule has 1 aromatic heterocycles. The third kappa shape index (κ3) is 0.975. The molecular weight excluding hydrogens is 179 g/mol. The molecule has 0 amide bonds. The van der Waals surface area contributed by atoms with Crippen LogP contribution in [0.1, 0.15) is 5.56 Å². The Morgan fingerprint density at radius 3 is 3.00 bits per heavy atom. The zero-order chi connectivity index (χ0) is 8.72. The standard InChI is InChI=1S/C8H6ClFN2/c1-4-5(10)2-3-6-7(4)12-8(9)11-6/h2-3H,1H3,(H,11,12). The molecule has 0 spiro atoms. The number of aromatic amines is 1. The first-order valence-corrected chi connectivity index (χ1v) is 3.86. The fourth-order valence-corrected chi connectivity index (χ4v) is 1.34. The maximum atomic E-state index is 13.0. The van der Waals surface area contributed by atoms with E-state index in [1.807, 2.05) is 0 Å². The van der Waals surface area contributed by atoms with Crippen molar-refractivity contribution in [3.05, 3.63) is 28.8 Å². The minimum atomic E-state index is -0.259. The van der Waals surface area contributed by atoms with E-state index in [1.165, 1.54) is 6.07 Å². The topological polar surface area (TPSA) is 28.7 Å². The molecule has 4 heteroatoms. The van der Waals surface area contributed by atoms with Gasteiger partial charge in [-0.15, -0.1) is 0 Å². The maximum absolute atomic E-state index is 13.0. The summed E-state index contributed by atoms with van der Waals surface area (Å²) in [5, 5.41) is 0.290. The van der Waals surface area contributed by atoms with Gasteiger partial charge < -0.3 is 4.98 Å². The molecule has 0 bridgehead atoms. The van der Waals surface area contributed by atoms with Gasteiger partial charge in [0.05, 0.1) is 11.0 Å². The normalized spacial score (nSPS) is 10.9. The Labute approximate surface area is 73.4 Å². The summed E-state index contributed by atoms with van der Waals surface area (Å²) in [6.45, 7) is 1.68. The molecule has 1 heterocycles. The molecule has 0 saturated heterocycles. The fourth-order valence-electron chi connectivity index (χ4n) is 1.16. The number of rotatable bonds is 0.